The highest BCUT2D eigenvalue weighted by Crippen LogP contribution is 2.30. The Morgan fingerprint density at radius 3 is 2.53 bits per heavy atom. The first-order valence-corrected chi connectivity index (χ1v) is 11.7. The van der Waals surface area contributed by atoms with Gasteiger partial charge in [0.25, 0.3) is 5.91 Å². The number of nitrogens with two attached hydrogens (primary N) is 1. The van der Waals surface area contributed by atoms with Gasteiger partial charge in [0.1, 0.15) is 11.6 Å². The maximum Gasteiger partial charge on any atom is 0.256 e. The first-order valence-electron chi connectivity index (χ1n) is 10.8. The van der Waals surface area contributed by atoms with Gasteiger partial charge in [0.15, 0.2) is 5.13 Å². The number of nitrogens with one attached hydrogen (secondary N) is 1. The Hall–Kier alpha value is -3.45. The van der Waals surface area contributed by atoms with E-state index in [9.17, 15) is 4.79 Å². The molecule has 2 aromatic carbocycles. The van der Waals surface area contributed by atoms with E-state index in [1.807, 2.05) is 30.3 Å². The van der Waals surface area contributed by atoms with Crippen molar-refractivity contribution in [2.75, 3.05) is 11.1 Å². The largest absolute Gasteiger partial charge is 0.490 e. The van der Waals surface area contributed by atoms with Gasteiger partial charge in [-0.3, -0.25) is 4.79 Å². The first kappa shape index (κ1) is 20.5. The smallest absolute Gasteiger partial charge is 0.256 e. The van der Waals surface area contributed by atoms with Crippen molar-refractivity contribution in [3.63, 3.8) is 0 Å². The van der Waals surface area contributed by atoms with Crippen molar-refractivity contribution in [2.45, 2.75) is 38.2 Å². The number of carbonyl (C=O) groups is 1. The number of aromatic nitrogens is 2. The van der Waals surface area contributed by atoms with E-state index in [0.717, 1.165) is 39.8 Å². The van der Waals surface area contributed by atoms with Crippen molar-refractivity contribution in [3.05, 3.63) is 66.5 Å². The number of nitrogens with zero attached hydrogens (tertiary/aromatic N) is 2. The number of thiazole rings is 1. The number of rotatable bonds is 5. The van der Waals surface area contributed by atoms with Gasteiger partial charge in [-0.1, -0.05) is 29.9 Å². The van der Waals surface area contributed by atoms with Gasteiger partial charge in [0.05, 0.1) is 11.0 Å². The summed E-state index contributed by atoms with van der Waals surface area (Å²) < 4.78 is 6.05. The number of ether oxygens (including phenoxy) is 1. The SMILES string of the molecule is Nc1ncc(-c2ccc3cnc(NC(=O)c4ccc(OC5CCCCC5)cc4)cc3c2)s1. The second-order valence-corrected chi connectivity index (χ2v) is 9.11. The van der Waals surface area contributed by atoms with Crippen molar-refractivity contribution in [1.29, 1.82) is 0 Å². The summed E-state index contributed by atoms with van der Waals surface area (Å²) in [6.45, 7) is 0. The maximum atomic E-state index is 12.7. The molecule has 0 spiro atoms. The maximum absolute atomic E-state index is 12.7. The van der Waals surface area contributed by atoms with Crippen LogP contribution < -0.4 is 15.8 Å². The lowest BCUT2D eigenvalue weighted by atomic mass is 9.98. The molecule has 1 aliphatic carbocycles. The minimum atomic E-state index is -0.201. The van der Waals surface area contributed by atoms with E-state index in [-0.39, 0.29) is 12.0 Å². The van der Waals surface area contributed by atoms with E-state index in [2.05, 4.69) is 21.4 Å². The Balaban J connectivity index is 1.29. The predicted molar refractivity (Wildman–Crippen MR) is 129 cm³/mol. The molecule has 4 aromatic rings. The molecule has 32 heavy (non-hydrogen) atoms. The zero-order valence-electron chi connectivity index (χ0n) is 17.6. The number of anilines is 2. The average molecular weight is 445 g/mol. The van der Waals surface area contributed by atoms with Crippen LogP contribution in [0.1, 0.15) is 42.5 Å². The van der Waals surface area contributed by atoms with Crippen molar-refractivity contribution in [3.8, 4) is 16.2 Å². The van der Waals surface area contributed by atoms with Crippen molar-refractivity contribution in [1.82, 2.24) is 9.97 Å². The third-order valence-corrected chi connectivity index (χ3v) is 6.62. The Morgan fingerprint density at radius 2 is 1.78 bits per heavy atom. The van der Waals surface area contributed by atoms with Crippen LogP contribution >= 0.6 is 11.3 Å². The normalized spacial score (nSPS) is 14.4. The number of benzene rings is 2. The predicted octanol–water partition coefficient (Wildman–Crippen LogP) is 5.90. The molecule has 1 saturated carbocycles. The Morgan fingerprint density at radius 1 is 0.969 bits per heavy atom. The Kier molecular flexibility index (Phi) is 5.73. The van der Waals surface area contributed by atoms with Gasteiger partial charge in [-0.25, -0.2) is 9.97 Å². The highest BCUT2D eigenvalue weighted by atomic mass is 32.1. The fourth-order valence-corrected chi connectivity index (χ4v) is 4.71. The zero-order valence-corrected chi connectivity index (χ0v) is 18.4. The molecule has 1 fully saturated rings. The molecule has 0 unspecified atom stereocenters. The van der Waals surface area contributed by atoms with Gasteiger partial charge in [-0.2, -0.15) is 0 Å². The van der Waals surface area contributed by atoms with Gasteiger partial charge in [-0.05, 0) is 73.0 Å². The van der Waals surface area contributed by atoms with Gasteiger partial charge in [-0.15, -0.1) is 0 Å². The average Bonchev–Trinajstić information content (AvgIpc) is 3.26. The summed E-state index contributed by atoms with van der Waals surface area (Å²) in [4.78, 5) is 22.2. The topological polar surface area (TPSA) is 90.1 Å². The molecular weight excluding hydrogens is 420 g/mol. The van der Waals surface area contributed by atoms with Crippen LogP contribution in [0.5, 0.6) is 5.75 Å². The third-order valence-electron chi connectivity index (χ3n) is 5.74. The van der Waals surface area contributed by atoms with E-state index < -0.39 is 0 Å². The molecule has 2 aromatic heterocycles. The molecule has 0 saturated heterocycles. The van der Waals surface area contributed by atoms with E-state index in [1.165, 1.54) is 30.6 Å². The van der Waals surface area contributed by atoms with Crippen LogP contribution in [0.4, 0.5) is 10.9 Å². The molecule has 6 nitrogen and oxygen atoms in total. The fraction of sp³-hybridized carbons (Fsp3) is 0.240. The number of carbonyl (C=O) groups excluding carboxylic acids is 1. The van der Waals surface area contributed by atoms with Gasteiger partial charge < -0.3 is 15.8 Å². The van der Waals surface area contributed by atoms with Gasteiger partial charge in [0.2, 0.25) is 0 Å². The third kappa shape index (κ3) is 4.57. The van der Waals surface area contributed by atoms with Crippen molar-refractivity contribution in [2.24, 2.45) is 0 Å². The number of pyridine rings is 1. The van der Waals surface area contributed by atoms with E-state index >= 15 is 0 Å². The summed E-state index contributed by atoms with van der Waals surface area (Å²) in [5.74, 6) is 1.12. The molecule has 0 bridgehead atoms. The monoisotopic (exact) mass is 444 g/mol. The standard InChI is InChI=1S/C25H24N4O2S/c26-25-28-15-22(32-25)17-6-7-18-14-27-23(13-19(18)12-17)29-24(30)16-8-10-21(11-9-16)31-20-4-2-1-3-5-20/h6-15,20H,1-5H2,(H2,26,28)(H,27,29,30). The molecule has 0 radical (unpaired) electrons. The van der Waals surface area contributed by atoms with E-state index in [4.69, 9.17) is 10.5 Å². The van der Waals surface area contributed by atoms with Gasteiger partial charge in [0, 0.05) is 23.3 Å². The quantitative estimate of drug-likeness (QED) is 0.400. The molecular formula is C25H24N4O2S. The minimum absolute atomic E-state index is 0.201. The molecule has 5 rings (SSSR count). The van der Waals surface area contributed by atoms with E-state index in [0.29, 0.717) is 16.5 Å². The lowest BCUT2D eigenvalue weighted by Gasteiger charge is -2.23. The highest BCUT2D eigenvalue weighted by molar-refractivity contribution is 7.18. The van der Waals surface area contributed by atoms with Crippen molar-refractivity contribution < 1.29 is 9.53 Å². The second-order valence-electron chi connectivity index (χ2n) is 8.05. The van der Waals surface area contributed by atoms with Crippen LogP contribution in [0.15, 0.2) is 60.9 Å². The molecule has 1 amide bonds. The first-order chi connectivity index (χ1) is 15.6. The van der Waals surface area contributed by atoms with Crippen LogP contribution in [0.3, 0.4) is 0 Å². The fourth-order valence-electron chi connectivity index (χ4n) is 4.03. The van der Waals surface area contributed by atoms with Crippen LogP contribution in [-0.2, 0) is 0 Å². The van der Waals surface area contributed by atoms with E-state index in [1.54, 1.807) is 24.5 Å². The summed E-state index contributed by atoms with van der Waals surface area (Å²) in [5, 5.41) is 5.41. The number of amides is 1. The lowest BCUT2D eigenvalue weighted by molar-refractivity contribution is 0.102. The second kappa shape index (κ2) is 8.96. The van der Waals surface area contributed by atoms with Crippen molar-refractivity contribution >= 4 is 39.0 Å². The zero-order chi connectivity index (χ0) is 21.9. The summed E-state index contributed by atoms with van der Waals surface area (Å²) in [5.41, 5.74) is 7.36. The molecule has 0 atom stereocenters. The lowest BCUT2D eigenvalue weighted by Crippen LogP contribution is -2.19. The molecule has 0 aliphatic heterocycles. The number of fused-ring (bicyclic) bond motifs is 1. The Labute approximate surface area is 190 Å². The van der Waals surface area contributed by atoms with Crippen LogP contribution in [0.25, 0.3) is 21.2 Å². The number of hydrogen-bond donors (Lipinski definition) is 2. The summed E-state index contributed by atoms with van der Waals surface area (Å²) in [6.07, 6.45) is 9.78. The molecule has 1 aliphatic rings. The summed E-state index contributed by atoms with van der Waals surface area (Å²) in [7, 11) is 0. The minimum Gasteiger partial charge on any atom is -0.490 e. The van der Waals surface area contributed by atoms with Crippen LogP contribution in [0.2, 0.25) is 0 Å². The highest BCUT2D eigenvalue weighted by Gasteiger charge is 2.15. The summed E-state index contributed by atoms with van der Waals surface area (Å²) in [6, 6.07) is 15.3. The van der Waals surface area contributed by atoms with Crippen LogP contribution in [0, 0.1) is 0 Å². The molecule has 3 N–H and O–H groups in total. The Bertz CT molecular complexity index is 1250. The van der Waals surface area contributed by atoms with Crippen LogP contribution in [-0.4, -0.2) is 22.0 Å². The molecule has 7 heteroatoms. The number of hydrogen-bond acceptors (Lipinski definition) is 6. The summed E-state index contributed by atoms with van der Waals surface area (Å²) >= 11 is 1.44. The molecule has 162 valence electrons. The number of nitrogen functional groups attached to an aromatic ring is 1. The van der Waals surface area contributed by atoms with Gasteiger partial charge >= 0.3 is 0 Å². The molecule has 2 heterocycles.